The third kappa shape index (κ3) is 2.87. The number of carboxylic acid groups (broad SMARTS) is 1. The molecule has 1 aliphatic rings. The van der Waals surface area contributed by atoms with Gasteiger partial charge in [-0.05, 0) is 18.6 Å². The highest BCUT2D eigenvalue weighted by molar-refractivity contribution is 14.1. The standard InChI is InChI=1S/C14H13IN2O2S/c15-10-5-11(16-6-10)13-17-12(7-20-13)8-1-3-9(4-2-8)14(18)19/h1-4,7,10-11,16H,5-6H2,(H,18,19). The van der Waals surface area contributed by atoms with Crippen LogP contribution in [0, 0.1) is 0 Å². The van der Waals surface area contributed by atoms with Gasteiger partial charge < -0.3 is 10.4 Å². The summed E-state index contributed by atoms with van der Waals surface area (Å²) in [7, 11) is 0. The van der Waals surface area contributed by atoms with Crippen LogP contribution in [0.25, 0.3) is 11.3 Å². The van der Waals surface area contributed by atoms with Gasteiger partial charge in [0.25, 0.3) is 0 Å². The minimum atomic E-state index is -0.904. The van der Waals surface area contributed by atoms with E-state index in [9.17, 15) is 4.79 Å². The molecule has 1 fully saturated rings. The van der Waals surface area contributed by atoms with Gasteiger partial charge in [-0.3, -0.25) is 0 Å². The first kappa shape index (κ1) is 14.0. The van der Waals surface area contributed by atoms with Crippen molar-refractivity contribution in [3.8, 4) is 11.3 Å². The van der Waals surface area contributed by atoms with E-state index in [2.05, 4.69) is 32.9 Å². The molecule has 0 spiro atoms. The first-order valence-corrected chi connectivity index (χ1v) is 8.42. The molecule has 20 heavy (non-hydrogen) atoms. The summed E-state index contributed by atoms with van der Waals surface area (Å²) in [6, 6.07) is 7.21. The monoisotopic (exact) mass is 400 g/mol. The van der Waals surface area contributed by atoms with E-state index in [0.29, 0.717) is 15.5 Å². The van der Waals surface area contributed by atoms with Gasteiger partial charge in [0.15, 0.2) is 0 Å². The molecular formula is C14H13IN2O2S. The van der Waals surface area contributed by atoms with E-state index in [0.717, 1.165) is 29.2 Å². The second kappa shape index (κ2) is 5.79. The number of hydrogen-bond acceptors (Lipinski definition) is 4. The Bertz CT molecular complexity index is 626. The van der Waals surface area contributed by atoms with Crippen molar-refractivity contribution in [2.45, 2.75) is 16.4 Å². The zero-order chi connectivity index (χ0) is 14.1. The smallest absolute Gasteiger partial charge is 0.335 e. The van der Waals surface area contributed by atoms with E-state index in [1.54, 1.807) is 23.5 Å². The average Bonchev–Trinajstić information content (AvgIpc) is 3.07. The van der Waals surface area contributed by atoms with Crippen LogP contribution in [-0.4, -0.2) is 26.5 Å². The van der Waals surface area contributed by atoms with Crippen LogP contribution in [0.3, 0.4) is 0 Å². The van der Waals surface area contributed by atoms with Crippen LogP contribution in [-0.2, 0) is 0 Å². The largest absolute Gasteiger partial charge is 0.478 e. The van der Waals surface area contributed by atoms with Crippen LogP contribution in [0.1, 0.15) is 27.8 Å². The molecule has 0 amide bonds. The molecule has 2 atom stereocenters. The molecule has 4 nitrogen and oxygen atoms in total. The second-order valence-corrected chi connectivity index (χ2v) is 7.40. The van der Waals surface area contributed by atoms with Crippen LogP contribution in [0.5, 0.6) is 0 Å². The first-order valence-electron chi connectivity index (χ1n) is 6.30. The number of halogens is 1. The molecule has 2 unspecified atom stereocenters. The van der Waals surface area contributed by atoms with E-state index in [1.165, 1.54) is 0 Å². The lowest BCUT2D eigenvalue weighted by molar-refractivity contribution is 0.0697. The van der Waals surface area contributed by atoms with Crippen LogP contribution >= 0.6 is 33.9 Å². The summed E-state index contributed by atoms with van der Waals surface area (Å²) in [6.07, 6.45) is 1.12. The maximum absolute atomic E-state index is 10.8. The molecule has 3 rings (SSSR count). The predicted octanol–water partition coefficient (Wildman–Crippen LogP) is 3.35. The lowest BCUT2D eigenvalue weighted by Gasteiger charge is -2.04. The first-order chi connectivity index (χ1) is 9.63. The number of carbonyl (C=O) groups is 1. The third-order valence-electron chi connectivity index (χ3n) is 3.32. The van der Waals surface area contributed by atoms with Gasteiger partial charge >= 0.3 is 5.97 Å². The van der Waals surface area contributed by atoms with Gasteiger partial charge in [-0.15, -0.1) is 11.3 Å². The Hall–Kier alpha value is -0.990. The van der Waals surface area contributed by atoms with Gasteiger partial charge in [0, 0.05) is 21.4 Å². The molecule has 0 saturated carbocycles. The van der Waals surface area contributed by atoms with Gasteiger partial charge in [0.05, 0.1) is 17.3 Å². The van der Waals surface area contributed by atoms with Crippen molar-refractivity contribution in [1.82, 2.24) is 10.3 Å². The Balaban J connectivity index is 1.81. The van der Waals surface area contributed by atoms with Crippen molar-refractivity contribution in [2.75, 3.05) is 6.54 Å². The van der Waals surface area contributed by atoms with Gasteiger partial charge in [0.2, 0.25) is 0 Å². The van der Waals surface area contributed by atoms with Crippen molar-refractivity contribution >= 4 is 39.9 Å². The second-order valence-electron chi connectivity index (χ2n) is 4.75. The molecule has 0 bridgehead atoms. The number of nitrogens with zero attached hydrogens (tertiary/aromatic N) is 1. The summed E-state index contributed by atoms with van der Waals surface area (Å²) in [5.41, 5.74) is 2.18. The van der Waals surface area contributed by atoms with Gasteiger partial charge in [0.1, 0.15) is 5.01 Å². The molecule has 1 aliphatic heterocycles. The molecule has 2 aromatic rings. The highest BCUT2D eigenvalue weighted by Crippen LogP contribution is 2.32. The fraction of sp³-hybridized carbons (Fsp3) is 0.286. The average molecular weight is 400 g/mol. The van der Waals surface area contributed by atoms with Crippen molar-refractivity contribution in [3.05, 3.63) is 40.2 Å². The fourth-order valence-corrected chi connectivity index (χ4v) is 3.92. The zero-order valence-electron chi connectivity index (χ0n) is 10.5. The van der Waals surface area contributed by atoms with Crippen LogP contribution < -0.4 is 5.32 Å². The number of nitrogens with one attached hydrogen (secondary N) is 1. The number of benzene rings is 1. The molecular weight excluding hydrogens is 387 g/mol. The number of carboxylic acids is 1. The summed E-state index contributed by atoms with van der Waals surface area (Å²) in [5, 5.41) is 15.5. The van der Waals surface area contributed by atoms with E-state index < -0.39 is 5.97 Å². The lowest BCUT2D eigenvalue weighted by atomic mass is 10.1. The maximum atomic E-state index is 10.8. The third-order valence-corrected chi connectivity index (χ3v) is 5.23. The van der Waals surface area contributed by atoms with Gasteiger partial charge in [-0.25, -0.2) is 9.78 Å². The predicted molar refractivity (Wildman–Crippen MR) is 87.7 cm³/mol. The van der Waals surface area contributed by atoms with Crippen molar-refractivity contribution in [3.63, 3.8) is 0 Å². The molecule has 6 heteroatoms. The van der Waals surface area contributed by atoms with Crippen molar-refractivity contribution in [1.29, 1.82) is 0 Å². The Morgan fingerprint density at radius 3 is 2.75 bits per heavy atom. The van der Waals surface area contributed by atoms with E-state index in [4.69, 9.17) is 5.11 Å². The summed E-state index contributed by atoms with van der Waals surface area (Å²) in [5.74, 6) is -0.904. The normalized spacial score (nSPS) is 22.1. The summed E-state index contributed by atoms with van der Waals surface area (Å²) < 4.78 is 0.666. The zero-order valence-corrected chi connectivity index (χ0v) is 13.5. The molecule has 0 radical (unpaired) electrons. The number of aromatic carboxylic acids is 1. The number of thiazole rings is 1. The molecule has 2 heterocycles. The molecule has 1 saturated heterocycles. The quantitative estimate of drug-likeness (QED) is 0.613. The number of hydrogen-bond donors (Lipinski definition) is 2. The molecule has 2 N–H and O–H groups in total. The summed E-state index contributed by atoms with van der Waals surface area (Å²) in [4.78, 5) is 15.5. The minimum absolute atomic E-state index is 0.300. The number of rotatable bonds is 3. The Kier molecular flexibility index (Phi) is 4.04. The fourth-order valence-electron chi connectivity index (χ4n) is 2.24. The Morgan fingerprint density at radius 2 is 2.15 bits per heavy atom. The molecule has 1 aromatic carbocycles. The van der Waals surface area contributed by atoms with E-state index in [1.807, 2.05) is 17.5 Å². The Morgan fingerprint density at radius 1 is 1.40 bits per heavy atom. The van der Waals surface area contributed by atoms with Crippen LogP contribution in [0.4, 0.5) is 0 Å². The highest BCUT2D eigenvalue weighted by Gasteiger charge is 2.25. The van der Waals surface area contributed by atoms with Crippen LogP contribution in [0.15, 0.2) is 29.6 Å². The summed E-state index contributed by atoms with van der Waals surface area (Å²) in [6.45, 7) is 1.04. The number of aromatic nitrogens is 1. The molecule has 104 valence electrons. The van der Waals surface area contributed by atoms with Crippen LogP contribution in [0.2, 0.25) is 0 Å². The van der Waals surface area contributed by atoms with Crippen molar-refractivity contribution < 1.29 is 9.90 Å². The minimum Gasteiger partial charge on any atom is -0.478 e. The highest BCUT2D eigenvalue weighted by atomic mass is 127. The lowest BCUT2D eigenvalue weighted by Crippen LogP contribution is -2.13. The Labute approximate surface area is 134 Å². The van der Waals surface area contributed by atoms with E-state index >= 15 is 0 Å². The maximum Gasteiger partial charge on any atom is 0.335 e. The van der Waals surface area contributed by atoms with Gasteiger partial charge in [-0.1, -0.05) is 34.7 Å². The SMILES string of the molecule is O=C(O)c1ccc(-c2csc(C3CC(I)CN3)n2)cc1. The molecule has 0 aliphatic carbocycles. The topological polar surface area (TPSA) is 62.2 Å². The van der Waals surface area contributed by atoms with Gasteiger partial charge in [-0.2, -0.15) is 0 Å². The number of alkyl halides is 1. The van der Waals surface area contributed by atoms with Crippen molar-refractivity contribution in [2.24, 2.45) is 0 Å². The summed E-state index contributed by atoms with van der Waals surface area (Å²) >= 11 is 4.12. The van der Waals surface area contributed by atoms with E-state index in [-0.39, 0.29) is 0 Å². The molecule has 1 aromatic heterocycles.